The molecule has 0 saturated heterocycles. The van der Waals surface area contributed by atoms with Gasteiger partial charge in [0.1, 0.15) is 5.54 Å². The van der Waals surface area contributed by atoms with Crippen LogP contribution in [-0.4, -0.2) is 27.6 Å². The van der Waals surface area contributed by atoms with Crippen LogP contribution in [0.15, 0.2) is 24.5 Å². The van der Waals surface area contributed by atoms with Gasteiger partial charge in [-0.1, -0.05) is 6.07 Å². The standard InChI is InChI=1S/C14H19N3O3/c1-9(10-4-3-7-15-8-10)16-13(20)17-14(2,12(18)19)11-5-6-11/h3-4,7-9,11H,5-6H2,1-2H3,(H,18,19)(H2,16,17,20). The molecule has 2 amide bonds. The van der Waals surface area contributed by atoms with Crippen molar-refractivity contribution in [2.75, 3.05) is 0 Å². The Morgan fingerprint density at radius 3 is 2.70 bits per heavy atom. The topological polar surface area (TPSA) is 91.3 Å². The van der Waals surface area contributed by atoms with Crippen LogP contribution in [0, 0.1) is 5.92 Å². The second-order valence-corrected chi connectivity index (χ2v) is 5.39. The Labute approximate surface area is 117 Å². The van der Waals surface area contributed by atoms with Crippen LogP contribution in [0.25, 0.3) is 0 Å². The van der Waals surface area contributed by atoms with Gasteiger partial charge in [0.25, 0.3) is 0 Å². The summed E-state index contributed by atoms with van der Waals surface area (Å²) in [4.78, 5) is 27.3. The van der Waals surface area contributed by atoms with Crippen molar-refractivity contribution >= 4 is 12.0 Å². The van der Waals surface area contributed by atoms with E-state index < -0.39 is 17.5 Å². The van der Waals surface area contributed by atoms with Gasteiger partial charge in [-0.3, -0.25) is 4.98 Å². The van der Waals surface area contributed by atoms with Crippen LogP contribution < -0.4 is 10.6 Å². The van der Waals surface area contributed by atoms with Gasteiger partial charge in [0.05, 0.1) is 6.04 Å². The summed E-state index contributed by atoms with van der Waals surface area (Å²) in [6.45, 7) is 3.38. The fourth-order valence-corrected chi connectivity index (χ4v) is 2.17. The highest BCUT2D eigenvalue weighted by Crippen LogP contribution is 2.39. The molecule has 1 aromatic rings. The first-order valence-corrected chi connectivity index (χ1v) is 6.65. The van der Waals surface area contributed by atoms with E-state index in [2.05, 4.69) is 15.6 Å². The second kappa shape index (κ2) is 5.48. The number of hydrogen-bond acceptors (Lipinski definition) is 3. The van der Waals surface area contributed by atoms with Crippen molar-refractivity contribution in [1.29, 1.82) is 0 Å². The normalized spacial score (nSPS) is 18.7. The summed E-state index contributed by atoms with van der Waals surface area (Å²) in [7, 11) is 0. The van der Waals surface area contributed by atoms with Crippen molar-refractivity contribution < 1.29 is 14.7 Å². The number of carboxylic acid groups (broad SMARTS) is 1. The molecule has 2 unspecified atom stereocenters. The Kier molecular flexibility index (Phi) is 3.92. The van der Waals surface area contributed by atoms with Gasteiger partial charge in [0, 0.05) is 12.4 Å². The maximum Gasteiger partial charge on any atom is 0.329 e. The predicted molar refractivity (Wildman–Crippen MR) is 73.1 cm³/mol. The fraction of sp³-hybridized carbons (Fsp3) is 0.500. The highest BCUT2D eigenvalue weighted by atomic mass is 16.4. The lowest BCUT2D eigenvalue weighted by atomic mass is 9.96. The molecule has 0 radical (unpaired) electrons. The van der Waals surface area contributed by atoms with E-state index in [9.17, 15) is 14.7 Å². The van der Waals surface area contributed by atoms with E-state index in [1.807, 2.05) is 13.0 Å². The third-order valence-corrected chi connectivity index (χ3v) is 3.74. The Morgan fingerprint density at radius 2 is 2.20 bits per heavy atom. The molecule has 0 bridgehead atoms. The molecule has 0 aliphatic heterocycles. The first-order chi connectivity index (χ1) is 9.43. The maximum atomic E-state index is 12.0. The molecule has 1 heterocycles. The number of amides is 2. The molecule has 6 nitrogen and oxygen atoms in total. The molecule has 0 spiro atoms. The molecule has 108 valence electrons. The number of nitrogens with zero attached hydrogens (tertiary/aromatic N) is 1. The van der Waals surface area contributed by atoms with Gasteiger partial charge < -0.3 is 15.7 Å². The van der Waals surface area contributed by atoms with Crippen molar-refractivity contribution in [1.82, 2.24) is 15.6 Å². The van der Waals surface area contributed by atoms with Crippen molar-refractivity contribution in [3.8, 4) is 0 Å². The first-order valence-electron chi connectivity index (χ1n) is 6.65. The Bertz CT molecular complexity index is 502. The summed E-state index contributed by atoms with van der Waals surface area (Å²) >= 11 is 0. The van der Waals surface area contributed by atoms with Gasteiger partial charge >= 0.3 is 12.0 Å². The number of pyridine rings is 1. The average Bonchev–Trinajstić information content (AvgIpc) is 3.23. The number of hydrogen-bond donors (Lipinski definition) is 3. The first kappa shape index (κ1) is 14.3. The van der Waals surface area contributed by atoms with Crippen LogP contribution in [0.5, 0.6) is 0 Å². The molecular weight excluding hydrogens is 258 g/mol. The monoisotopic (exact) mass is 277 g/mol. The summed E-state index contributed by atoms with van der Waals surface area (Å²) in [5.41, 5.74) is -0.329. The molecule has 1 fully saturated rings. The smallest absolute Gasteiger partial charge is 0.329 e. The van der Waals surface area contributed by atoms with Gasteiger partial charge in [-0.05, 0) is 44.2 Å². The minimum absolute atomic E-state index is 0.0134. The highest BCUT2D eigenvalue weighted by Gasteiger charge is 2.48. The third-order valence-electron chi connectivity index (χ3n) is 3.74. The summed E-state index contributed by atoms with van der Waals surface area (Å²) in [5, 5.41) is 14.6. The van der Waals surface area contributed by atoms with Crippen LogP contribution >= 0.6 is 0 Å². The maximum absolute atomic E-state index is 12.0. The minimum Gasteiger partial charge on any atom is -0.480 e. The largest absolute Gasteiger partial charge is 0.480 e. The number of carbonyl (C=O) groups is 2. The Morgan fingerprint density at radius 1 is 1.50 bits per heavy atom. The van der Waals surface area contributed by atoms with E-state index in [0.717, 1.165) is 18.4 Å². The summed E-state index contributed by atoms with van der Waals surface area (Å²) in [6.07, 6.45) is 5.00. The summed E-state index contributed by atoms with van der Waals surface area (Å²) in [6, 6.07) is 2.94. The van der Waals surface area contributed by atoms with Crippen LogP contribution in [0.4, 0.5) is 4.79 Å². The lowest BCUT2D eigenvalue weighted by Crippen LogP contribution is -2.56. The molecule has 2 atom stereocenters. The van der Waals surface area contributed by atoms with Gasteiger partial charge in [-0.15, -0.1) is 0 Å². The average molecular weight is 277 g/mol. The molecule has 1 aliphatic carbocycles. The lowest BCUT2D eigenvalue weighted by molar-refractivity contribution is -0.144. The highest BCUT2D eigenvalue weighted by molar-refractivity contribution is 5.86. The molecule has 20 heavy (non-hydrogen) atoms. The van der Waals surface area contributed by atoms with Crippen LogP contribution in [0.2, 0.25) is 0 Å². The van der Waals surface area contributed by atoms with Gasteiger partial charge in [-0.2, -0.15) is 0 Å². The van der Waals surface area contributed by atoms with Crippen molar-refractivity contribution in [3.05, 3.63) is 30.1 Å². The number of rotatable bonds is 5. The van der Waals surface area contributed by atoms with Crippen molar-refractivity contribution in [3.63, 3.8) is 0 Å². The second-order valence-electron chi connectivity index (χ2n) is 5.39. The van der Waals surface area contributed by atoms with Crippen LogP contribution in [0.1, 0.15) is 38.3 Å². The SMILES string of the molecule is CC(NC(=O)NC(C)(C(=O)O)C1CC1)c1cccnc1. The van der Waals surface area contributed by atoms with Gasteiger partial charge in [-0.25, -0.2) is 9.59 Å². The van der Waals surface area contributed by atoms with E-state index >= 15 is 0 Å². The van der Waals surface area contributed by atoms with E-state index in [-0.39, 0.29) is 12.0 Å². The quantitative estimate of drug-likeness (QED) is 0.764. The number of carbonyl (C=O) groups excluding carboxylic acids is 1. The molecule has 1 aliphatic rings. The zero-order valence-electron chi connectivity index (χ0n) is 11.6. The molecule has 3 N–H and O–H groups in total. The zero-order valence-corrected chi connectivity index (χ0v) is 11.6. The van der Waals surface area contributed by atoms with Crippen LogP contribution in [-0.2, 0) is 4.79 Å². The number of carboxylic acids is 1. The summed E-state index contributed by atoms with van der Waals surface area (Å²) in [5.74, 6) is -0.983. The minimum atomic E-state index is -1.20. The van der Waals surface area contributed by atoms with Gasteiger partial charge in [0.2, 0.25) is 0 Å². The van der Waals surface area contributed by atoms with Crippen LogP contribution in [0.3, 0.4) is 0 Å². The van der Waals surface area contributed by atoms with E-state index in [0.29, 0.717) is 0 Å². The lowest BCUT2D eigenvalue weighted by Gasteiger charge is -2.27. The van der Waals surface area contributed by atoms with Crippen molar-refractivity contribution in [2.24, 2.45) is 5.92 Å². The summed E-state index contributed by atoms with van der Waals surface area (Å²) < 4.78 is 0. The van der Waals surface area contributed by atoms with E-state index in [1.54, 1.807) is 25.4 Å². The number of aliphatic carboxylic acids is 1. The van der Waals surface area contributed by atoms with E-state index in [4.69, 9.17) is 0 Å². The predicted octanol–water partition coefficient (Wildman–Crippen LogP) is 1.70. The van der Waals surface area contributed by atoms with Crippen molar-refractivity contribution in [2.45, 2.75) is 38.3 Å². The molecule has 0 aromatic carbocycles. The fourth-order valence-electron chi connectivity index (χ4n) is 2.17. The molecule has 6 heteroatoms. The molecule has 2 rings (SSSR count). The Balaban J connectivity index is 1.97. The molecule has 1 aromatic heterocycles. The number of nitrogens with one attached hydrogen (secondary N) is 2. The Hall–Kier alpha value is -2.11. The molecular formula is C14H19N3O3. The number of aromatic nitrogens is 1. The van der Waals surface area contributed by atoms with E-state index in [1.165, 1.54) is 0 Å². The van der Waals surface area contributed by atoms with Gasteiger partial charge in [0.15, 0.2) is 0 Å². The molecule has 1 saturated carbocycles. The number of urea groups is 1. The zero-order chi connectivity index (χ0) is 14.8. The third kappa shape index (κ3) is 3.07.